The Balaban J connectivity index is 1.85. The van der Waals surface area contributed by atoms with Gasteiger partial charge in [0.25, 0.3) is 0 Å². The van der Waals surface area contributed by atoms with E-state index in [1.807, 2.05) is 25.2 Å². The predicted octanol–water partition coefficient (Wildman–Crippen LogP) is 2.38. The van der Waals surface area contributed by atoms with Gasteiger partial charge in [-0.05, 0) is 43.3 Å². The van der Waals surface area contributed by atoms with E-state index in [-0.39, 0.29) is 5.82 Å². The van der Waals surface area contributed by atoms with Gasteiger partial charge in [0.05, 0.1) is 11.9 Å². The van der Waals surface area contributed by atoms with E-state index in [0.29, 0.717) is 16.9 Å². The van der Waals surface area contributed by atoms with Crippen LogP contribution in [0.5, 0.6) is 0 Å². The largest absolute Gasteiger partial charge is 0.384 e. The molecule has 130 valence electrons. The zero-order valence-corrected chi connectivity index (χ0v) is 14.2. The van der Waals surface area contributed by atoms with Crippen LogP contribution in [-0.4, -0.2) is 47.8 Å². The van der Waals surface area contributed by atoms with Crippen molar-refractivity contribution in [2.45, 2.75) is 6.42 Å². The first-order chi connectivity index (χ1) is 12.2. The Kier molecular flexibility index (Phi) is 4.23. The molecule has 0 atom stereocenters. The van der Waals surface area contributed by atoms with Crippen molar-refractivity contribution in [3.63, 3.8) is 0 Å². The maximum atomic E-state index is 14.5. The van der Waals surface area contributed by atoms with E-state index in [4.69, 9.17) is 0 Å². The lowest BCUT2D eigenvalue weighted by Crippen LogP contribution is -2.27. The highest BCUT2D eigenvalue weighted by Crippen LogP contribution is 2.27. The molecule has 0 saturated heterocycles. The molecular weight excluding hydrogens is 319 g/mol. The number of halogens is 1. The molecule has 2 N–H and O–H groups in total. The van der Waals surface area contributed by atoms with Crippen LogP contribution in [0.3, 0.4) is 0 Å². The second-order valence-electron chi connectivity index (χ2n) is 6.25. The highest BCUT2D eigenvalue weighted by Gasteiger charge is 2.14. The summed E-state index contributed by atoms with van der Waals surface area (Å²) in [5.41, 5.74) is 2.74. The molecule has 0 spiro atoms. The maximum Gasteiger partial charge on any atom is 0.154 e. The van der Waals surface area contributed by atoms with Gasteiger partial charge in [-0.25, -0.2) is 13.9 Å². The summed E-state index contributed by atoms with van der Waals surface area (Å²) in [6, 6.07) is 8.92. The summed E-state index contributed by atoms with van der Waals surface area (Å²) >= 11 is 0. The molecule has 0 aliphatic carbocycles. The lowest BCUT2D eigenvalue weighted by molar-refractivity contribution is 0.630. The van der Waals surface area contributed by atoms with E-state index >= 15 is 0 Å². The van der Waals surface area contributed by atoms with Crippen LogP contribution in [0.25, 0.3) is 16.9 Å². The fraction of sp³-hybridized carbons (Fsp3) is 0.333. The average molecular weight is 340 g/mol. The minimum Gasteiger partial charge on any atom is -0.384 e. The maximum absolute atomic E-state index is 14.5. The van der Waals surface area contributed by atoms with Gasteiger partial charge in [-0.3, -0.25) is 0 Å². The Morgan fingerprint density at radius 3 is 2.96 bits per heavy atom. The van der Waals surface area contributed by atoms with Crippen molar-refractivity contribution in [3.05, 3.63) is 42.3 Å². The molecule has 3 aromatic rings. The van der Waals surface area contributed by atoms with Crippen molar-refractivity contribution in [3.8, 4) is 11.3 Å². The first-order valence-corrected chi connectivity index (χ1v) is 8.53. The lowest BCUT2D eigenvalue weighted by atomic mass is 10.1. The summed E-state index contributed by atoms with van der Waals surface area (Å²) in [5.74, 6) is 0.562. The summed E-state index contributed by atoms with van der Waals surface area (Å²) in [4.78, 5) is 6.48. The van der Waals surface area contributed by atoms with Crippen molar-refractivity contribution < 1.29 is 4.39 Å². The Bertz CT molecular complexity index is 890. The van der Waals surface area contributed by atoms with Crippen molar-refractivity contribution in [1.29, 1.82) is 0 Å². The third kappa shape index (κ3) is 3.15. The van der Waals surface area contributed by atoms with Crippen LogP contribution in [0.4, 0.5) is 15.9 Å². The van der Waals surface area contributed by atoms with Crippen LogP contribution in [0, 0.1) is 5.82 Å². The van der Waals surface area contributed by atoms with Crippen molar-refractivity contribution in [1.82, 2.24) is 19.9 Å². The average Bonchev–Trinajstić information content (AvgIpc) is 3.04. The number of nitrogens with zero attached hydrogens (tertiary/aromatic N) is 4. The number of nitrogens with one attached hydrogen (secondary N) is 2. The molecule has 6 nitrogen and oxygen atoms in total. The summed E-state index contributed by atoms with van der Waals surface area (Å²) < 4.78 is 16.2. The first kappa shape index (κ1) is 15.8. The van der Waals surface area contributed by atoms with Crippen LogP contribution >= 0.6 is 0 Å². The quantitative estimate of drug-likeness (QED) is 0.658. The van der Waals surface area contributed by atoms with Crippen LogP contribution in [-0.2, 0) is 0 Å². The van der Waals surface area contributed by atoms with Crippen molar-refractivity contribution >= 4 is 17.2 Å². The molecule has 1 aliphatic heterocycles. The Morgan fingerprint density at radius 1 is 1.12 bits per heavy atom. The number of fused-ring (bicyclic) bond motifs is 4. The van der Waals surface area contributed by atoms with E-state index in [0.717, 1.165) is 44.1 Å². The van der Waals surface area contributed by atoms with Gasteiger partial charge in [-0.15, -0.1) is 5.10 Å². The Hall–Kier alpha value is -2.67. The van der Waals surface area contributed by atoms with Crippen LogP contribution in [0.1, 0.15) is 6.42 Å². The summed E-state index contributed by atoms with van der Waals surface area (Å²) in [6.45, 7) is 3.48. The van der Waals surface area contributed by atoms with E-state index < -0.39 is 0 Å². The molecule has 3 heterocycles. The number of hydrogen-bond donors (Lipinski definition) is 2. The molecule has 0 amide bonds. The minimum atomic E-state index is -0.282. The Labute approximate surface area is 145 Å². The normalized spacial score (nSPS) is 15.7. The fourth-order valence-electron chi connectivity index (χ4n) is 3.06. The predicted molar refractivity (Wildman–Crippen MR) is 97.6 cm³/mol. The number of anilines is 2. The second-order valence-corrected chi connectivity index (χ2v) is 6.25. The standard InChI is InChI=1S/C18H21FN6/c1-24-10-2-7-20-8-9-21-13-3-4-15(19)14(11-13)16-12-22-17-5-6-18(24)23-25(16)17/h3-6,11-12,20-21H,2,7-10H2,1H3. The lowest BCUT2D eigenvalue weighted by Gasteiger charge is -2.18. The minimum absolute atomic E-state index is 0.282. The van der Waals surface area contributed by atoms with Gasteiger partial charge >= 0.3 is 0 Å². The van der Waals surface area contributed by atoms with Gasteiger partial charge < -0.3 is 15.5 Å². The zero-order chi connectivity index (χ0) is 17.2. The molecule has 4 rings (SSSR count). The van der Waals surface area contributed by atoms with Crippen molar-refractivity contribution in [2.24, 2.45) is 0 Å². The smallest absolute Gasteiger partial charge is 0.154 e. The molecule has 0 fully saturated rings. The van der Waals surface area contributed by atoms with E-state index in [1.54, 1.807) is 16.8 Å². The highest BCUT2D eigenvalue weighted by atomic mass is 19.1. The number of hydrogen-bond acceptors (Lipinski definition) is 5. The molecule has 0 radical (unpaired) electrons. The SMILES string of the molecule is CN1CCCNCCNc2ccc(F)c(c2)-c2cnc3ccc1nn23. The zero-order valence-electron chi connectivity index (χ0n) is 14.2. The molecular formula is C18H21FN6. The number of rotatable bonds is 0. The molecule has 0 unspecified atom stereocenters. The molecule has 1 aromatic carbocycles. The summed E-state index contributed by atoms with van der Waals surface area (Å²) in [6.07, 6.45) is 2.70. The van der Waals surface area contributed by atoms with Gasteiger partial charge in [0.2, 0.25) is 0 Å². The topological polar surface area (TPSA) is 57.5 Å². The highest BCUT2D eigenvalue weighted by molar-refractivity contribution is 5.68. The monoisotopic (exact) mass is 340 g/mol. The molecule has 7 heteroatoms. The molecule has 1 aliphatic rings. The molecule has 25 heavy (non-hydrogen) atoms. The molecule has 2 aromatic heterocycles. The van der Waals surface area contributed by atoms with E-state index in [9.17, 15) is 4.39 Å². The number of benzene rings is 1. The third-order valence-electron chi connectivity index (χ3n) is 4.46. The van der Waals surface area contributed by atoms with Crippen LogP contribution in [0.2, 0.25) is 0 Å². The van der Waals surface area contributed by atoms with Gasteiger partial charge in [-0.1, -0.05) is 0 Å². The van der Waals surface area contributed by atoms with Crippen molar-refractivity contribution in [2.75, 3.05) is 43.4 Å². The van der Waals surface area contributed by atoms with Gasteiger partial charge in [0, 0.05) is 37.9 Å². The fourth-order valence-corrected chi connectivity index (χ4v) is 3.06. The Morgan fingerprint density at radius 2 is 2.04 bits per heavy atom. The number of aromatic nitrogens is 3. The molecule has 0 saturated carbocycles. The van der Waals surface area contributed by atoms with E-state index in [1.165, 1.54) is 6.07 Å². The van der Waals surface area contributed by atoms with Gasteiger partial charge in [0.1, 0.15) is 11.6 Å². The van der Waals surface area contributed by atoms with E-state index in [2.05, 4.69) is 25.6 Å². The first-order valence-electron chi connectivity index (χ1n) is 8.53. The third-order valence-corrected chi connectivity index (χ3v) is 4.46. The summed E-state index contributed by atoms with van der Waals surface area (Å²) in [7, 11) is 2.02. The van der Waals surface area contributed by atoms with Crippen LogP contribution < -0.4 is 15.5 Å². The number of imidazole rings is 1. The van der Waals surface area contributed by atoms with Gasteiger partial charge in [-0.2, -0.15) is 0 Å². The summed E-state index contributed by atoms with van der Waals surface area (Å²) in [5, 5.41) is 11.4. The van der Waals surface area contributed by atoms with Crippen LogP contribution in [0.15, 0.2) is 36.5 Å². The second kappa shape index (κ2) is 6.68. The van der Waals surface area contributed by atoms with Gasteiger partial charge in [0.15, 0.2) is 5.65 Å². The molecule has 4 bridgehead atoms.